The summed E-state index contributed by atoms with van der Waals surface area (Å²) in [5, 5.41) is 17.3. The van der Waals surface area contributed by atoms with Crippen LogP contribution in [-0.2, 0) is 0 Å². The zero-order valence-electron chi connectivity index (χ0n) is 10.5. The number of rotatable bonds is 4. The molecule has 0 atom stereocenters. The van der Waals surface area contributed by atoms with E-state index in [4.69, 9.17) is 0 Å². The van der Waals surface area contributed by atoms with E-state index in [1.54, 1.807) is 12.1 Å². The van der Waals surface area contributed by atoms with Crippen molar-refractivity contribution in [3.05, 3.63) is 28.4 Å². The van der Waals surface area contributed by atoms with Crippen LogP contribution < -0.4 is 10.6 Å². The van der Waals surface area contributed by atoms with E-state index in [-0.39, 0.29) is 11.2 Å². The van der Waals surface area contributed by atoms with Crippen LogP contribution in [0.15, 0.2) is 18.3 Å². The fourth-order valence-corrected chi connectivity index (χ4v) is 2.20. The largest absolute Gasteiger partial charge is 0.386 e. The highest BCUT2D eigenvalue weighted by atomic mass is 16.6. The predicted molar refractivity (Wildman–Crippen MR) is 69.6 cm³/mol. The average molecular weight is 250 g/mol. The first-order valence-corrected chi connectivity index (χ1v) is 6.15. The Morgan fingerprint density at radius 1 is 1.56 bits per heavy atom. The van der Waals surface area contributed by atoms with E-state index in [0.29, 0.717) is 5.69 Å². The lowest BCUT2D eigenvalue weighted by atomic mass is 9.81. The number of nitrogens with one attached hydrogen (secondary N) is 2. The number of aromatic nitrogens is 1. The molecule has 2 N–H and O–H groups in total. The van der Waals surface area contributed by atoms with Crippen LogP contribution >= 0.6 is 0 Å². The fraction of sp³-hybridized carbons (Fsp3) is 0.583. The van der Waals surface area contributed by atoms with Crippen molar-refractivity contribution in [2.24, 2.45) is 5.41 Å². The van der Waals surface area contributed by atoms with Gasteiger partial charge in [0.15, 0.2) is 0 Å². The number of hydrogen-bond acceptors (Lipinski definition) is 5. The Morgan fingerprint density at radius 2 is 2.28 bits per heavy atom. The van der Waals surface area contributed by atoms with Crippen LogP contribution in [0, 0.1) is 15.5 Å². The smallest absolute Gasteiger partial charge is 0.378 e. The number of nitro groups is 1. The molecule has 98 valence electrons. The molecule has 0 unspecified atom stereocenters. The number of pyridine rings is 1. The van der Waals surface area contributed by atoms with Crippen LogP contribution in [0.2, 0.25) is 0 Å². The van der Waals surface area contributed by atoms with Crippen molar-refractivity contribution in [2.75, 3.05) is 25.0 Å². The van der Waals surface area contributed by atoms with Crippen molar-refractivity contribution < 1.29 is 4.92 Å². The van der Waals surface area contributed by atoms with E-state index >= 15 is 0 Å². The summed E-state index contributed by atoms with van der Waals surface area (Å²) in [5.41, 5.74) is 0.692. The molecule has 0 aromatic carbocycles. The van der Waals surface area contributed by atoms with Crippen molar-refractivity contribution in [2.45, 2.75) is 19.8 Å². The van der Waals surface area contributed by atoms with Crippen molar-refractivity contribution in [1.82, 2.24) is 10.3 Å². The van der Waals surface area contributed by atoms with Crippen LogP contribution in [-0.4, -0.2) is 29.5 Å². The van der Waals surface area contributed by atoms with Gasteiger partial charge in [0, 0.05) is 6.54 Å². The maximum Gasteiger partial charge on any atom is 0.386 e. The molecule has 1 fully saturated rings. The van der Waals surface area contributed by atoms with Crippen LogP contribution in [0.3, 0.4) is 0 Å². The zero-order chi connectivity index (χ0) is 13.0. The van der Waals surface area contributed by atoms with Gasteiger partial charge in [0.1, 0.15) is 11.9 Å². The predicted octanol–water partition coefficient (Wildman–Crippen LogP) is 1.79. The summed E-state index contributed by atoms with van der Waals surface area (Å²) in [6, 6.07) is 3.41. The lowest BCUT2D eigenvalue weighted by Crippen LogP contribution is -2.39. The Balaban J connectivity index is 2.03. The lowest BCUT2D eigenvalue weighted by Gasteiger charge is -2.34. The standard InChI is InChI=1S/C12H18N4O2/c1-12(4-7-13-8-5-12)9-15-10-3-2-6-14-11(10)16(17)18/h2-3,6,13,15H,4-5,7-9H2,1H3. The molecule has 6 heteroatoms. The van der Waals surface area contributed by atoms with Crippen molar-refractivity contribution in [3.8, 4) is 0 Å². The van der Waals surface area contributed by atoms with Gasteiger partial charge in [-0.15, -0.1) is 0 Å². The van der Waals surface area contributed by atoms with E-state index in [1.807, 2.05) is 0 Å². The van der Waals surface area contributed by atoms with Crippen molar-refractivity contribution in [3.63, 3.8) is 0 Å². The minimum Gasteiger partial charge on any atom is -0.378 e. The summed E-state index contributed by atoms with van der Waals surface area (Å²) in [4.78, 5) is 14.2. The SMILES string of the molecule is CC1(CNc2cccnc2[N+](=O)[O-])CCNCC1. The Hall–Kier alpha value is -1.69. The maximum absolute atomic E-state index is 10.8. The molecule has 0 amide bonds. The monoisotopic (exact) mass is 250 g/mol. The quantitative estimate of drug-likeness (QED) is 0.629. The van der Waals surface area contributed by atoms with Gasteiger partial charge in [-0.25, -0.2) is 0 Å². The summed E-state index contributed by atoms with van der Waals surface area (Å²) in [6.07, 6.45) is 3.59. The van der Waals surface area contributed by atoms with E-state index in [0.717, 1.165) is 32.5 Å². The summed E-state index contributed by atoms with van der Waals surface area (Å²) in [5.74, 6) is -0.102. The van der Waals surface area contributed by atoms with Gasteiger partial charge >= 0.3 is 5.82 Å². The molecule has 2 heterocycles. The second-order valence-electron chi connectivity index (χ2n) is 5.05. The number of piperidine rings is 1. The van der Waals surface area contributed by atoms with Crippen LogP contribution in [0.5, 0.6) is 0 Å². The number of anilines is 1. The molecule has 2 rings (SSSR count). The summed E-state index contributed by atoms with van der Waals surface area (Å²) >= 11 is 0. The number of hydrogen-bond donors (Lipinski definition) is 2. The fourth-order valence-electron chi connectivity index (χ4n) is 2.20. The van der Waals surface area contributed by atoms with E-state index in [1.165, 1.54) is 6.20 Å². The Kier molecular flexibility index (Phi) is 3.76. The molecule has 0 bridgehead atoms. The number of nitrogens with zero attached hydrogens (tertiary/aromatic N) is 2. The molecule has 0 radical (unpaired) electrons. The van der Waals surface area contributed by atoms with E-state index in [2.05, 4.69) is 22.5 Å². The van der Waals surface area contributed by atoms with Crippen LogP contribution in [0.4, 0.5) is 11.5 Å². The Bertz CT molecular complexity index is 430. The van der Waals surface area contributed by atoms with Gasteiger partial charge < -0.3 is 20.7 Å². The molecule has 1 aliphatic rings. The highest BCUT2D eigenvalue weighted by molar-refractivity contribution is 5.56. The average Bonchev–Trinajstić information content (AvgIpc) is 2.38. The molecule has 18 heavy (non-hydrogen) atoms. The molecule has 1 aromatic rings. The normalized spacial score (nSPS) is 18.3. The Morgan fingerprint density at radius 3 is 2.94 bits per heavy atom. The second-order valence-corrected chi connectivity index (χ2v) is 5.05. The summed E-state index contributed by atoms with van der Waals surface area (Å²) in [7, 11) is 0. The van der Waals surface area contributed by atoms with Crippen molar-refractivity contribution >= 4 is 11.5 Å². The molecule has 0 spiro atoms. The first-order valence-electron chi connectivity index (χ1n) is 6.15. The molecular formula is C12H18N4O2. The van der Waals surface area contributed by atoms with Gasteiger partial charge in [0.25, 0.3) is 0 Å². The van der Waals surface area contributed by atoms with Gasteiger partial charge in [-0.3, -0.25) is 0 Å². The van der Waals surface area contributed by atoms with E-state index < -0.39 is 4.92 Å². The van der Waals surface area contributed by atoms with Gasteiger partial charge in [-0.1, -0.05) is 6.92 Å². The molecule has 6 nitrogen and oxygen atoms in total. The highest BCUT2D eigenvalue weighted by Crippen LogP contribution is 2.29. The zero-order valence-corrected chi connectivity index (χ0v) is 10.5. The molecule has 0 aliphatic carbocycles. The summed E-state index contributed by atoms with van der Waals surface area (Å²) in [6.45, 7) is 4.96. The van der Waals surface area contributed by atoms with Gasteiger partial charge in [0.05, 0.1) is 0 Å². The molecule has 0 saturated carbocycles. The van der Waals surface area contributed by atoms with Gasteiger partial charge in [-0.05, 0) is 53.4 Å². The first kappa shape index (κ1) is 12.8. The molecule has 1 aromatic heterocycles. The minimum absolute atomic E-state index is 0.102. The first-order chi connectivity index (χ1) is 8.61. The van der Waals surface area contributed by atoms with Crippen LogP contribution in [0.25, 0.3) is 0 Å². The molecule has 1 aliphatic heterocycles. The van der Waals surface area contributed by atoms with Gasteiger partial charge in [0.2, 0.25) is 0 Å². The third kappa shape index (κ3) is 2.95. The summed E-state index contributed by atoms with van der Waals surface area (Å²) < 4.78 is 0. The Labute approximate surface area is 106 Å². The van der Waals surface area contributed by atoms with E-state index in [9.17, 15) is 10.1 Å². The topological polar surface area (TPSA) is 80.1 Å². The third-order valence-electron chi connectivity index (χ3n) is 3.48. The lowest BCUT2D eigenvalue weighted by molar-refractivity contribution is -0.388. The minimum atomic E-state index is -0.451. The van der Waals surface area contributed by atoms with Crippen molar-refractivity contribution in [1.29, 1.82) is 0 Å². The third-order valence-corrected chi connectivity index (χ3v) is 3.48. The molecule has 1 saturated heterocycles. The second kappa shape index (κ2) is 5.30. The molecular weight excluding hydrogens is 232 g/mol. The maximum atomic E-state index is 10.8. The highest BCUT2D eigenvalue weighted by Gasteiger charge is 2.27. The van der Waals surface area contributed by atoms with Gasteiger partial charge in [-0.2, -0.15) is 0 Å². The van der Waals surface area contributed by atoms with Crippen LogP contribution in [0.1, 0.15) is 19.8 Å².